The lowest BCUT2D eigenvalue weighted by atomic mass is 10.2. The van der Waals surface area contributed by atoms with E-state index in [1.807, 2.05) is 18.2 Å². The number of rotatable bonds is 5. The van der Waals surface area contributed by atoms with Crippen molar-refractivity contribution in [3.8, 4) is 0 Å². The van der Waals surface area contributed by atoms with E-state index < -0.39 is 0 Å². The predicted octanol–water partition coefficient (Wildman–Crippen LogP) is 3.16. The maximum absolute atomic E-state index is 13.6. The molecule has 5 heteroatoms. The Hall–Kier alpha value is -2.01. The minimum Gasteiger partial charge on any atom is -0.399 e. The summed E-state index contributed by atoms with van der Waals surface area (Å²) in [7, 11) is 1.68. The Kier molecular flexibility index (Phi) is 5.22. The lowest BCUT2D eigenvalue weighted by Crippen LogP contribution is -2.28. The van der Waals surface area contributed by atoms with Crippen molar-refractivity contribution >= 4 is 23.4 Å². The molecule has 0 aromatic heterocycles. The molecule has 0 bridgehead atoms. The van der Waals surface area contributed by atoms with Crippen molar-refractivity contribution in [2.24, 2.45) is 0 Å². The van der Waals surface area contributed by atoms with E-state index in [4.69, 9.17) is 5.73 Å². The van der Waals surface area contributed by atoms with Crippen LogP contribution in [0.2, 0.25) is 0 Å². The number of halogens is 1. The molecule has 0 aliphatic carbocycles. The molecule has 110 valence electrons. The number of benzene rings is 2. The summed E-state index contributed by atoms with van der Waals surface area (Å²) in [5.41, 5.74) is 6.88. The minimum atomic E-state index is -0.291. The molecule has 0 saturated heterocycles. The fraction of sp³-hybridized carbons (Fsp3) is 0.188. The summed E-state index contributed by atoms with van der Waals surface area (Å²) >= 11 is 1.42. The van der Waals surface area contributed by atoms with Crippen molar-refractivity contribution in [1.29, 1.82) is 0 Å². The third kappa shape index (κ3) is 4.49. The molecular formula is C16H17FN2OS. The van der Waals surface area contributed by atoms with Gasteiger partial charge < -0.3 is 10.6 Å². The molecule has 0 saturated carbocycles. The number of amides is 1. The van der Waals surface area contributed by atoms with E-state index in [0.717, 1.165) is 4.90 Å². The average Bonchev–Trinajstić information content (AvgIpc) is 2.47. The van der Waals surface area contributed by atoms with Crippen molar-refractivity contribution in [3.05, 3.63) is 59.9 Å². The van der Waals surface area contributed by atoms with Crippen molar-refractivity contribution in [2.75, 3.05) is 18.5 Å². The van der Waals surface area contributed by atoms with Crippen molar-refractivity contribution in [2.45, 2.75) is 11.4 Å². The zero-order valence-electron chi connectivity index (χ0n) is 11.8. The Bertz CT molecular complexity index is 633. The van der Waals surface area contributed by atoms with Crippen LogP contribution in [-0.2, 0) is 11.3 Å². The third-order valence-electron chi connectivity index (χ3n) is 3.01. The highest BCUT2D eigenvalue weighted by molar-refractivity contribution is 8.00. The average molecular weight is 304 g/mol. The lowest BCUT2D eigenvalue weighted by Gasteiger charge is -2.17. The predicted molar refractivity (Wildman–Crippen MR) is 84.5 cm³/mol. The van der Waals surface area contributed by atoms with Crippen LogP contribution in [0, 0.1) is 5.82 Å². The van der Waals surface area contributed by atoms with Crippen molar-refractivity contribution in [1.82, 2.24) is 4.90 Å². The Morgan fingerprint density at radius 3 is 2.71 bits per heavy atom. The van der Waals surface area contributed by atoms with Gasteiger partial charge in [0.05, 0.1) is 5.75 Å². The zero-order valence-corrected chi connectivity index (χ0v) is 12.6. The second-order valence-corrected chi connectivity index (χ2v) is 5.75. The second-order valence-electron chi connectivity index (χ2n) is 4.70. The Balaban J connectivity index is 1.90. The molecule has 2 aromatic carbocycles. The number of thioether (sulfide) groups is 1. The Morgan fingerprint density at radius 1 is 1.24 bits per heavy atom. The van der Waals surface area contributed by atoms with Crippen LogP contribution in [0.1, 0.15) is 5.56 Å². The van der Waals surface area contributed by atoms with E-state index in [0.29, 0.717) is 17.0 Å². The maximum atomic E-state index is 13.6. The molecule has 0 spiro atoms. The minimum absolute atomic E-state index is 0.0503. The summed E-state index contributed by atoms with van der Waals surface area (Å²) < 4.78 is 13.6. The van der Waals surface area contributed by atoms with Crippen LogP contribution < -0.4 is 5.73 Å². The summed E-state index contributed by atoms with van der Waals surface area (Å²) in [6, 6.07) is 13.9. The molecule has 0 radical (unpaired) electrons. The first-order valence-electron chi connectivity index (χ1n) is 6.52. The molecule has 0 heterocycles. The van der Waals surface area contributed by atoms with E-state index in [9.17, 15) is 9.18 Å². The molecular weight excluding hydrogens is 287 g/mol. The van der Waals surface area contributed by atoms with Crippen molar-refractivity contribution < 1.29 is 9.18 Å². The second kappa shape index (κ2) is 7.13. The summed E-state index contributed by atoms with van der Waals surface area (Å²) in [6.07, 6.45) is 0. The van der Waals surface area contributed by atoms with Gasteiger partial charge in [0, 0.05) is 29.7 Å². The van der Waals surface area contributed by atoms with Crippen LogP contribution in [0.4, 0.5) is 10.1 Å². The van der Waals surface area contributed by atoms with Crippen LogP contribution in [0.3, 0.4) is 0 Å². The fourth-order valence-corrected chi connectivity index (χ4v) is 2.73. The molecule has 2 aromatic rings. The van der Waals surface area contributed by atoms with Gasteiger partial charge in [0.15, 0.2) is 0 Å². The van der Waals surface area contributed by atoms with Crippen LogP contribution in [0.5, 0.6) is 0 Å². The molecule has 2 rings (SSSR count). The highest BCUT2D eigenvalue weighted by atomic mass is 32.2. The number of nitrogens with two attached hydrogens (primary N) is 1. The van der Waals surface area contributed by atoms with Gasteiger partial charge in [-0.05, 0) is 24.3 Å². The molecule has 3 nitrogen and oxygen atoms in total. The molecule has 0 atom stereocenters. The monoisotopic (exact) mass is 304 g/mol. The molecule has 21 heavy (non-hydrogen) atoms. The quantitative estimate of drug-likeness (QED) is 0.682. The third-order valence-corrected chi connectivity index (χ3v) is 3.99. The number of nitrogen functional groups attached to an aromatic ring is 1. The van der Waals surface area contributed by atoms with Crippen LogP contribution in [0.25, 0.3) is 0 Å². The number of hydrogen-bond acceptors (Lipinski definition) is 3. The zero-order chi connectivity index (χ0) is 15.2. The van der Waals surface area contributed by atoms with Crippen molar-refractivity contribution in [3.63, 3.8) is 0 Å². The van der Waals surface area contributed by atoms with Gasteiger partial charge in [-0.15, -0.1) is 11.8 Å². The van der Waals surface area contributed by atoms with E-state index in [2.05, 4.69) is 0 Å². The number of hydrogen-bond donors (Lipinski definition) is 1. The summed E-state index contributed by atoms with van der Waals surface area (Å²) in [6.45, 7) is 0.267. The highest BCUT2D eigenvalue weighted by Gasteiger charge is 2.12. The molecule has 0 aliphatic rings. The first kappa shape index (κ1) is 15.4. The lowest BCUT2D eigenvalue weighted by molar-refractivity contribution is -0.127. The van der Waals surface area contributed by atoms with Crippen LogP contribution in [-0.4, -0.2) is 23.6 Å². The molecule has 1 amide bonds. The maximum Gasteiger partial charge on any atom is 0.232 e. The summed E-state index contributed by atoms with van der Waals surface area (Å²) in [4.78, 5) is 14.5. The standard InChI is InChI=1S/C16H17FN2OS/c1-19(10-12-5-2-3-8-15(12)17)16(20)11-21-14-7-4-6-13(18)9-14/h2-9H,10-11,18H2,1H3. The summed E-state index contributed by atoms with van der Waals surface area (Å²) in [5, 5.41) is 0. The van der Waals surface area contributed by atoms with Gasteiger partial charge in [0.2, 0.25) is 5.91 Å². The number of anilines is 1. The number of carbonyl (C=O) groups is 1. The largest absolute Gasteiger partial charge is 0.399 e. The fourth-order valence-electron chi connectivity index (χ4n) is 1.83. The smallest absolute Gasteiger partial charge is 0.232 e. The van der Waals surface area contributed by atoms with Gasteiger partial charge in [-0.3, -0.25) is 4.79 Å². The van der Waals surface area contributed by atoms with Gasteiger partial charge in [0.25, 0.3) is 0 Å². The van der Waals surface area contributed by atoms with E-state index in [1.54, 1.807) is 31.3 Å². The van der Waals surface area contributed by atoms with Crippen LogP contribution in [0.15, 0.2) is 53.4 Å². The van der Waals surface area contributed by atoms with Gasteiger partial charge in [-0.25, -0.2) is 4.39 Å². The molecule has 0 aliphatic heterocycles. The first-order chi connectivity index (χ1) is 10.1. The normalized spacial score (nSPS) is 10.4. The topological polar surface area (TPSA) is 46.3 Å². The molecule has 0 fully saturated rings. The summed E-state index contributed by atoms with van der Waals surface area (Å²) in [5.74, 6) is -0.0414. The number of carbonyl (C=O) groups excluding carboxylic acids is 1. The van der Waals surface area contributed by atoms with Gasteiger partial charge in [-0.1, -0.05) is 24.3 Å². The number of nitrogens with zero attached hydrogens (tertiary/aromatic N) is 1. The SMILES string of the molecule is CN(Cc1ccccc1F)C(=O)CSc1cccc(N)c1. The van der Waals surface area contributed by atoms with Crippen LogP contribution >= 0.6 is 11.8 Å². The van der Waals surface area contributed by atoms with Gasteiger partial charge >= 0.3 is 0 Å². The van der Waals surface area contributed by atoms with Gasteiger partial charge in [-0.2, -0.15) is 0 Å². The van der Waals surface area contributed by atoms with E-state index >= 15 is 0 Å². The Morgan fingerprint density at radius 2 is 2.00 bits per heavy atom. The first-order valence-corrected chi connectivity index (χ1v) is 7.50. The Labute approximate surface area is 127 Å². The molecule has 2 N–H and O–H groups in total. The van der Waals surface area contributed by atoms with Gasteiger partial charge in [0.1, 0.15) is 5.82 Å². The van der Waals surface area contributed by atoms with E-state index in [-0.39, 0.29) is 18.3 Å². The molecule has 0 unspecified atom stereocenters. The highest BCUT2D eigenvalue weighted by Crippen LogP contribution is 2.20. The van der Waals surface area contributed by atoms with E-state index in [1.165, 1.54) is 22.7 Å².